The summed E-state index contributed by atoms with van der Waals surface area (Å²) >= 11 is 0. The zero-order chi connectivity index (χ0) is 71.5. The van der Waals surface area contributed by atoms with Gasteiger partial charge in [0.15, 0.2) is 39.6 Å². The van der Waals surface area contributed by atoms with Gasteiger partial charge < -0.3 is 59.1 Å². The predicted octanol–water partition coefficient (Wildman–Crippen LogP) is 14.1. The molecule has 0 aliphatic heterocycles. The Kier molecular flexibility index (Phi) is 22.2. The Labute approximate surface area is 563 Å². The van der Waals surface area contributed by atoms with E-state index < -0.39 is 108 Å². The minimum atomic E-state index is -1.20. The summed E-state index contributed by atoms with van der Waals surface area (Å²) in [4.78, 5) is 74.4. The Balaban J connectivity index is 1.77. The molecule has 6 aromatic carbocycles. The average molecular weight is 1320 g/mol. The van der Waals surface area contributed by atoms with Crippen LogP contribution in [0.3, 0.4) is 0 Å². The first-order valence-corrected chi connectivity index (χ1v) is 32.3. The number of ether oxygens (including phenoxy) is 6. The molecule has 1 aliphatic carbocycles. The molecule has 6 aromatic rings. The van der Waals surface area contributed by atoms with Gasteiger partial charge in [0, 0.05) is 0 Å². The van der Waals surface area contributed by atoms with Crippen molar-refractivity contribution in [1.29, 1.82) is 0 Å². The summed E-state index contributed by atoms with van der Waals surface area (Å²) in [7, 11) is 0. The second-order valence-electron chi connectivity index (χ2n) is 31.4. The van der Waals surface area contributed by atoms with Crippen LogP contribution in [0.4, 0.5) is 0 Å². The third kappa shape index (κ3) is 19.1. The Morgan fingerprint density at radius 1 is 0.229 bits per heavy atom. The molecule has 0 radical (unpaired) electrons. The van der Waals surface area contributed by atoms with Gasteiger partial charge in [0.2, 0.25) is 0 Å². The Bertz CT molecular complexity index is 3170. The molecule has 0 fully saturated rings. The van der Waals surface area contributed by atoms with Crippen molar-refractivity contribution in [2.75, 3.05) is 39.6 Å². The summed E-state index contributed by atoms with van der Waals surface area (Å²) in [5.41, 5.74) is 10.8. The molecule has 0 aromatic heterocycles. The molecular formula is C78H96O18. The summed E-state index contributed by atoms with van der Waals surface area (Å²) in [6.07, 6.45) is 1.18. The van der Waals surface area contributed by atoms with E-state index in [1.807, 2.05) is 72.8 Å². The predicted molar refractivity (Wildman–Crippen MR) is 366 cm³/mol. The minimum Gasteiger partial charge on any atom is -0.482 e. The first-order chi connectivity index (χ1) is 44.3. The van der Waals surface area contributed by atoms with E-state index in [1.165, 1.54) is 0 Å². The number of rotatable bonds is 18. The van der Waals surface area contributed by atoms with Crippen molar-refractivity contribution in [2.45, 2.75) is 196 Å². The van der Waals surface area contributed by atoms with Crippen LogP contribution in [-0.2, 0) is 99.8 Å². The van der Waals surface area contributed by atoms with E-state index in [0.717, 1.165) is 100 Å². The van der Waals surface area contributed by atoms with Crippen LogP contribution in [-0.4, -0.2) is 106 Å². The van der Waals surface area contributed by atoms with Crippen molar-refractivity contribution >= 4 is 35.8 Å². The van der Waals surface area contributed by atoms with Crippen molar-refractivity contribution in [2.24, 2.45) is 0 Å². The second-order valence-corrected chi connectivity index (χ2v) is 31.4. The van der Waals surface area contributed by atoms with Crippen LogP contribution in [0.2, 0.25) is 0 Å². The van der Waals surface area contributed by atoms with Gasteiger partial charge in [-0.1, -0.05) is 125 Å². The highest BCUT2D eigenvalue weighted by Crippen LogP contribution is 2.47. The Hall–Kier alpha value is -9.06. The first-order valence-electron chi connectivity index (χ1n) is 32.3. The number of carboxylic acids is 6. The van der Waals surface area contributed by atoms with Crippen LogP contribution < -0.4 is 28.4 Å². The highest BCUT2D eigenvalue weighted by atomic mass is 16.5. The van der Waals surface area contributed by atoms with E-state index in [9.17, 15) is 59.4 Å². The summed E-state index contributed by atoms with van der Waals surface area (Å²) < 4.78 is 37.0. The van der Waals surface area contributed by atoms with Crippen LogP contribution in [0.5, 0.6) is 34.5 Å². The van der Waals surface area contributed by atoms with E-state index in [1.54, 1.807) is 0 Å². The van der Waals surface area contributed by atoms with Gasteiger partial charge in [-0.2, -0.15) is 0 Å². The number of hydrogen-bond donors (Lipinski definition) is 6. The molecule has 516 valence electrons. The summed E-state index contributed by atoms with van der Waals surface area (Å²) in [5.74, 6) is -5.57. The zero-order valence-corrected chi connectivity index (χ0v) is 59.0. The molecule has 18 nitrogen and oxygen atoms in total. The Morgan fingerprint density at radius 2 is 0.323 bits per heavy atom. The maximum absolute atomic E-state index is 12.4. The summed E-state index contributed by atoms with van der Waals surface area (Å²) in [6, 6.07) is 22.3. The van der Waals surface area contributed by atoms with Gasteiger partial charge in [-0.05, 0) is 244 Å². The van der Waals surface area contributed by atoms with Crippen LogP contribution in [0.1, 0.15) is 225 Å². The molecule has 0 heterocycles. The highest BCUT2D eigenvalue weighted by molar-refractivity contribution is 5.72. The third-order valence-electron chi connectivity index (χ3n) is 16.6. The van der Waals surface area contributed by atoms with Crippen LogP contribution >= 0.6 is 0 Å². The third-order valence-corrected chi connectivity index (χ3v) is 16.6. The quantitative estimate of drug-likeness (QED) is 0.0466. The standard InChI is InChI=1S/C78H96O18/c1-73(2,3)67-43-19-45-27-56(92-38-62(81)82)29-47(68(45)74(4,5)6)21-49-31-58(94-40-64(85)86)33-51(70(49)76(10,11)12)23-53-35-60(96-42-66(89)90)36-54(72(53)78(16,17)18)24-52-34-59(95-41-65(87)88)32-50(71(52)77(13,14)15)22-48-30-57(93-39-63(83)84)28-46(69(48)75(7,8)9)20-44(67)26-55(25-43)91-37-61(79)80/h25-36H,19-24,37-42H2,1-18H3,(H,79,80)(H,81,82)(H,83,84)(H,85,86)(H,87,88)(H,89,90). The fourth-order valence-corrected chi connectivity index (χ4v) is 14.5. The minimum absolute atomic E-state index is 0.197. The van der Waals surface area contributed by atoms with Gasteiger partial charge in [0.1, 0.15) is 34.5 Å². The number of carboxylic acid groups (broad SMARTS) is 6. The number of fused-ring (bicyclic) bond motifs is 12. The number of aliphatic carboxylic acids is 6. The topological polar surface area (TPSA) is 279 Å². The molecule has 6 N–H and O–H groups in total. The van der Waals surface area contributed by atoms with Crippen LogP contribution in [0, 0.1) is 0 Å². The maximum Gasteiger partial charge on any atom is 0.341 e. The monoisotopic (exact) mass is 1320 g/mol. The van der Waals surface area contributed by atoms with Crippen molar-refractivity contribution < 1.29 is 87.8 Å². The summed E-state index contributed by atoms with van der Waals surface area (Å²) in [6.45, 7) is 33.6. The molecule has 96 heavy (non-hydrogen) atoms. The lowest BCUT2D eigenvalue weighted by Crippen LogP contribution is -2.24. The molecule has 1 aliphatic rings. The Morgan fingerprint density at radius 3 is 0.396 bits per heavy atom. The van der Waals surface area contributed by atoms with Crippen LogP contribution in [0.25, 0.3) is 0 Å². The molecule has 18 heteroatoms. The summed E-state index contributed by atoms with van der Waals surface area (Å²) in [5, 5.41) is 60.8. The van der Waals surface area contributed by atoms with Crippen molar-refractivity contribution in [3.63, 3.8) is 0 Å². The van der Waals surface area contributed by atoms with Gasteiger partial charge in [-0.3, -0.25) is 0 Å². The molecule has 0 atom stereocenters. The molecule has 12 bridgehead atoms. The molecule has 0 saturated heterocycles. The van der Waals surface area contributed by atoms with Gasteiger partial charge >= 0.3 is 35.8 Å². The fourth-order valence-electron chi connectivity index (χ4n) is 14.5. The average Bonchev–Trinajstić information content (AvgIpc) is 0.762. The van der Waals surface area contributed by atoms with E-state index in [2.05, 4.69) is 125 Å². The van der Waals surface area contributed by atoms with Crippen LogP contribution in [0.15, 0.2) is 72.8 Å². The van der Waals surface area contributed by atoms with Crippen molar-refractivity contribution in [3.8, 4) is 34.5 Å². The van der Waals surface area contributed by atoms with Gasteiger partial charge in [0.25, 0.3) is 0 Å². The molecular weight excluding hydrogens is 1220 g/mol. The van der Waals surface area contributed by atoms with Crippen molar-refractivity contribution in [3.05, 3.63) is 173 Å². The smallest absolute Gasteiger partial charge is 0.341 e. The first kappa shape index (κ1) is 74.3. The van der Waals surface area contributed by atoms with Crippen molar-refractivity contribution in [1.82, 2.24) is 0 Å². The normalized spacial score (nSPS) is 13.2. The van der Waals surface area contributed by atoms with E-state index in [4.69, 9.17) is 28.4 Å². The second kappa shape index (κ2) is 28.7. The molecule has 0 spiro atoms. The highest BCUT2D eigenvalue weighted by Gasteiger charge is 2.35. The molecule has 0 amide bonds. The number of hydrogen-bond acceptors (Lipinski definition) is 12. The maximum atomic E-state index is 12.4. The van der Waals surface area contributed by atoms with Gasteiger partial charge in [-0.25, -0.2) is 28.8 Å². The lowest BCUT2D eigenvalue weighted by Gasteiger charge is -2.34. The van der Waals surface area contributed by atoms with E-state index in [0.29, 0.717) is 0 Å². The molecule has 0 unspecified atom stereocenters. The molecule has 7 rings (SSSR count). The lowest BCUT2D eigenvalue weighted by molar-refractivity contribution is -0.140. The lowest BCUT2D eigenvalue weighted by atomic mass is 9.71. The van der Waals surface area contributed by atoms with Gasteiger partial charge in [-0.15, -0.1) is 0 Å². The van der Waals surface area contributed by atoms with E-state index >= 15 is 0 Å². The number of carbonyl (C=O) groups is 6. The van der Waals surface area contributed by atoms with Gasteiger partial charge in [0.05, 0.1) is 0 Å². The number of benzene rings is 6. The molecule has 0 saturated carbocycles. The zero-order valence-electron chi connectivity index (χ0n) is 59.0. The largest absolute Gasteiger partial charge is 0.482 e. The fraction of sp³-hybridized carbons (Fsp3) is 0.462. The van der Waals surface area contributed by atoms with E-state index in [-0.39, 0.29) is 73.0 Å². The SMILES string of the molecule is CC(C)(C)c1c2cc(OCC(=O)O)cc1Cc1cc(OCC(=O)O)cc(c1C(C)(C)C)Cc1cc(OCC(=O)O)cc(c1C(C)(C)C)Cc1cc(OCC(=O)O)cc(c1C(C)(C)C)Cc1cc(OCC(=O)O)cc(c1C(C)(C)C)Cc1cc(OCC(=O)O)cc(c1C(C)(C)C)C2.